The number of nitrogens with zero attached hydrogens (tertiary/aromatic N) is 1. The van der Waals surface area contributed by atoms with E-state index in [1.54, 1.807) is 6.07 Å². The molecule has 0 aliphatic rings. The molecule has 1 aromatic heterocycles. The number of fused-ring (bicyclic) bond motifs is 1. The summed E-state index contributed by atoms with van der Waals surface area (Å²) in [5, 5.41) is 0. The Labute approximate surface area is 89.7 Å². The van der Waals surface area contributed by atoms with Crippen molar-refractivity contribution in [3.63, 3.8) is 0 Å². The average molecular weight is 282 g/mol. The van der Waals surface area contributed by atoms with E-state index in [9.17, 15) is 13.2 Å². The first-order chi connectivity index (χ1) is 6.48. The van der Waals surface area contributed by atoms with Crippen LogP contribution in [0.2, 0.25) is 0 Å². The summed E-state index contributed by atoms with van der Waals surface area (Å²) in [5.41, 5.74) is -0.255. The van der Waals surface area contributed by atoms with Gasteiger partial charge in [0.25, 0.3) is 0 Å². The lowest BCUT2D eigenvalue weighted by atomic mass is 10.2. The predicted octanol–water partition coefficient (Wildman–Crippen LogP) is 4.08. The molecule has 2 rings (SSSR count). The minimum Gasteiger partial charge on any atom is -0.229 e. The summed E-state index contributed by atoms with van der Waals surface area (Å²) < 4.78 is 38.1. The summed E-state index contributed by atoms with van der Waals surface area (Å²) in [6, 6.07) is 3.98. The second-order valence-corrected chi connectivity index (χ2v) is 4.89. The molecule has 0 amide bonds. The fraction of sp³-hybridized carbons (Fsp3) is 0.125. The fourth-order valence-corrected chi connectivity index (χ4v) is 2.65. The highest BCUT2D eigenvalue weighted by molar-refractivity contribution is 9.11. The van der Waals surface area contributed by atoms with E-state index in [2.05, 4.69) is 20.9 Å². The zero-order valence-corrected chi connectivity index (χ0v) is 9.00. The van der Waals surface area contributed by atoms with Crippen LogP contribution in [0.3, 0.4) is 0 Å². The van der Waals surface area contributed by atoms with Crippen LogP contribution >= 0.6 is 27.3 Å². The van der Waals surface area contributed by atoms with Crippen LogP contribution in [0.4, 0.5) is 13.2 Å². The predicted molar refractivity (Wildman–Crippen MR) is 52.3 cm³/mol. The van der Waals surface area contributed by atoms with Crippen molar-refractivity contribution in [3.05, 3.63) is 27.7 Å². The Morgan fingerprint density at radius 1 is 1.29 bits per heavy atom. The van der Waals surface area contributed by atoms with Crippen molar-refractivity contribution >= 4 is 37.5 Å². The highest BCUT2D eigenvalue weighted by Gasteiger charge is 2.33. The number of hydrogen-bond donors (Lipinski definition) is 0. The van der Waals surface area contributed by atoms with Gasteiger partial charge in [-0.25, -0.2) is 4.98 Å². The molecule has 0 aliphatic carbocycles. The highest BCUT2D eigenvalue weighted by atomic mass is 79.9. The lowest BCUT2D eigenvalue weighted by Crippen LogP contribution is -2.04. The van der Waals surface area contributed by atoms with Gasteiger partial charge in [-0.05, 0) is 28.1 Å². The van der Waals surface area contributed by atoms with Gasteiger partial charge in [0, 0.05) is 0 Å². The molecule has 0 saturated heterocycles. The van der Waals surface area contributed by atoms with E-state index in [0.29, 0.717) is 9.43 Å². The van der Waals surface area contributed by atoms with Crippen molar-refractivity contribution in [3.8, 4) is 0 Å². The first kappa shape index (κ1) is 9.92. The Morgan fingerprint density at radius 2 is 2.00 bits per heavy atom. The largest absolute Gasteiger partial charge is 0.417 e. The van der Waals surface area contributed by atoms with Crippen LogP contribution in [0, 0.1) is 0 Å². The van der Waals surface area contributed by atoms with Crippen molar-refractivity contribution in [2.24, 2.45) is 0 Å². The number of alkyl halides is 3. The van der Waals surface area contributed by atoms with E-state index in [1.165, 1.54) is 6.07 Å². The van der Waals surface area contributed by atoms with Gasteiger partial charge in [-0.3, -0.25) is 0 Å². The van der Waals surface area contributed by atoms with E-state index in [0.717, 1.165) is 17.4 Å². The van der Waals surface area contributed by atoms with Crippen LogP contribution in [0.15, 0.2) is 22.1 Å². The first-order valence-electron chi connectivity index (χ1n) is 3.61. The van der Waals surface area contributed by atoms with Crippen molar-refractivity contribution < 1.29 is 13.2 Å². The molecule has 0 radical (unpaired) electrons. The number of aromatic nitrogens is 1. The molecule has 1 aromatic carbocycles. The molecule has 0 fully saturated rings. The highest BCUT2D eigenvalue weighted by Crippen LogP contribution is 2.38. The molecular weight excluding hydrogens is 279 g/mol. The zero-order chi connectivity index (χ0) is 10.3. The van der Waals surface area contributed by atoms with Gasteiger partial charge in [0.1, 0.15) is 0 Å². The van der Waals surface area contributed by atoms with E-state index < -0.39 is 11.7 Å². The third-order valence-electron chi connectivity index (χ3n) is 1.69. The maximum atomic E-state index is 12.5. The first-order valence-corrected chi connectivity index (χ1v) is 5.21. The smallest absolute Gasteiger partial charge is 0.229 e. The molecule has 2 aromatic rings. The van der Waals surface area contributed by atoms with Crippen molar-refractivity contribution in [2.75, 3.05) is 0 Å². The van der Waals surface area contributed by atoms with Gasteiger partial charge in [-0.15, -0.1) is 11.3 Å². The van der Waals surface area contributed by atoms with E-state index >= 15 is 0 Å². The molecule has 1 nitrogen and oxygen atoms in total. The number of hydrogen-bond acceptors (Lipinski definition) is 2. The Kier molecular flexibility index (Phi) is 2.27. The monoisotopic (exact) mass is 281 g/mol. The molecule has 0 bridgehead atoms. The number of benzene rings is 1. The van der Waals surface area contributed by atoms with Gasteiger partial charge in [0.15, 0.2) is 3.92 Å². The van der Waals surface area contributed by atoms with Gasteiger partial charge in [-0.1, -0.05) is 6.07 Å². The van der Waals surface area contributed by atoms with Crippen LogP contribution in [0.1, 0.15) is 5.56 Å². The summed E-state index contributed by atoms with van der Waals surface area (Å²) in [4.78, 5) is 3.92. The summed E-state index contributed by atoms with van der Waals surface area (Å²) in [6.07, 6.45) is -4.31. The number of halogens is 4. The van der Waals surface area contributed by atoms with Gasteiger partial charge >= 0.3 is 6.18 Å². The lowest BCUT2D eigenvalue weighted by Gasteiger charge is -2.05. The van der Waals surface area contributed by atoms with Crippen LogP contribution in [0.25, 0.3) is 10.2 Å². The number of rotatable bonds is 0. The van der Waals surface area contributed by atoms with Crippen molar-refractivity contribution in [2.45, 2.75) is 6.18 Å². The maximum Gasteiger partial charge on any atom is 0.417 e. The Balaban J connectivity index is 2.77. The second kappa shape index (κ2) is 3.20. The molecule has 0 saturated carbocycles. The SMILES string of the molecule is FC(F)(F)c1cccc2nc(Br)sc12. The summed E-state index contributed by atoms with van der Waals surface area (Å²) in [6.45, 7) is 0. The van der Waals surface area contributed by atoms with Gasteiger partial charge < -0.3 is 0 Å². The third kappa shape index (κ3) is 1.64. The molecule has 1 heterocycles. The molecule has 6 heteroatoms. The van der Waals surface area contributed by atoms with Crippen molar-refractivity contribution in [1.82, 2.24) is 4.98 Å². The topological polar surface area (TPSA) is 12.9 Å². The molecule has 74 valence electrons. The fourth-order valence-electron chi connectivity index (χ4n) is 1.15. The summed E-state index contributed by atoms with van der Waals surface area (Å²) in [7, 11) is 0. The second-order valence-electron chi connectivity index (χ2n) is 2.62. The van der Waals surface area contributed by atoms with Gasteiger partial charge in [0.05, 0.1) is 15.8 Å². The minimum atomic E-state index is -4.31. The molecule has 0 atom stereocenters. The Morgan fingerprint density at radius 3 is 2.64 bits per heavy atom. The normalized spacial score (nSPS) is 12.3. The molecule has 14 heavy (non-hydrogen) atoms. The van der Waals surface area contributed by atoms with E-state index in [1.807, 2.05) is 0 Å². The molecule has 0 N–H and O–H groups in total. The van der Waals surface area contributed by atoms with E-state index in [4.69, 9.17) is 0 Å². The molecule has 0 aliphatic heterocycles. The van der Waals surface area contributed by atoms with Crippen molar-refractivity contribution in [1.29, 1.82) is 0 Å². The van der Waals surface area contributed by atoms with Gasteiger partial charge in [-0.2, -0.15) is 13.2 Å². The zero-order valence-electron chi connectivity index (χ0n) is 6.60. The van der Waals surface area contributed by atoms with Crippen LogP contribution in [-0.4, -0.2) is 4.98 Å². The van der Waals surface area contributed by atoms with Gasteiger partial charge in [0.2, 0.25) is 0 Å². The summed E-state index contributed by atoms with van der Waals surface area (Å²) in [5.74, 6) is 0. The Bertz CT molecular complexity index is 477. The standard InChI is InChI=1S/C8H3BrF3NS/c9-7-13-5-3-1-2-4(6(5)14-7)8(10,11)12/h1-3H. The Hall–Kier alpha value is -0.620. The maximum absolute atomic E-state index is 12.5. The minimum absolute atomic E-state index is 0.173. The number of thiazole rings is 1. The van der Waals surface area contributed by atoms with E-state index in [-0.39, 0.29) is 4.70 Å². The van der Waals surface area contributed by atoms with Crippen LogP contribution in [-0.2, 0) is 6.18 Å². The lowest BCUT2D eigenvalue weighted by molar-refractivity contribution is -0.136. The molecular formula is C8H3BrF3NS. The third-order valence-corrected chi connectivity index (χ3v) is 3.25. The van der Waals surface area contributed by atoms with Crippen LogP contribution < -0.4 is 0 Å². The average Bonchev–Trinajstić information content (AvgIpc) is 2.41. The molecule has 0 unspecified atom stereocenters. The summed E-state index contributed by atoms with van der Waals surface area (Å²) >= 11 is 4.06. The molecule has 0 spiro atoms. The quantitative estimate of drug-likeness (QED) is 0.709. The van der Waals surface area contributed by atoms with Crippen LogP contribution in [0.5, 0.6) is 0 Å².